The first-order chi connectivity index (χ1) is 5.58. The molecule has 0 amide bonds. The predicted molar refractivity (Wildman–Crippen MR) is 59.1 cm³/mol. The molecule has 72 valence electrons. The largest absolute Gasteiger partial charge is 0.353 e. The number of rotatable bonds is 2. The van der Waals surface area contributed by atoms with Gasteiger partial charge < -0.3 is 9.47 Å². The van der Waals surface area contributed by atoms with Gasteiger partial charge in [0.15, 0.2) is 8.43 Å². The molecule has 1 aliphatic heterocycles. The minimum Gasteiger partial charge on any atom is -0.353 e. The summed E-state index contributed by atoms with van der Waals surface area (Å²) < 4.78 is 10.6. The molecule has 1 atom stereocenters. The van der Waals surface area contributed by atoms with Crippen LogP contribution in [0.1, 0.15) is 19.3 Å². The van der Waals surface area contributed by atoms with E-state index >= 15 is 0 Å². The smallest absolute Gasteiger partial charge is 0.158 e. The molecule has 5 heteroatoms. The first-order valence-corrected chi connectivity index (χ1v) is 6.26. The summed E-state index contributed by atoms with van der Waals surface area (Å²) in [7, 11) is 0. The summed E-state index contributed by atoms with van der Waals surface area (Å²) in [5, 5.41) is 0. The average Bonchev–Trinajstić information content (AvgIpc) is 2.02. The van der Waals surface area contributed by atoms with Crippen molar-refractivity contribution in [2.45, 2.75) is 27.7 Å². The fraction of sp³-hybridized carbons (Fsp3) is 1.00. The van der Waals surface area contributed by atoms with Gasteiger partial charge in [0.1, 0.15) is 0 Å². The van der Waals surface area contributed by atoms with E-state index in [1.54, 1.807) is 0 Å². The van der Waals surface area contributed by atoms with Gasteiger partial charge in [-0.1, -0.05) is 47.8 Å². The lowest BCUT2D eigenvalue weighted by Gasteiger charge is -2.24. The molecule has 1 aliphatic rings. The average molecular weight is 367 g/mol. The van der Waals surface area contributed by atoms with Crippen LogP contribution in [-0.4, -0.2) is 21.6 Å². The van der Waals surface area contributed by atoms with Crippen molar-refractivity contribution in [2.24, 2.45) is 0 Å². The Kier molecular flexibility index (Phi) is 5.04. The molecule has 1 heterocycles. The minimum atomic E-state index is -0.312. The third kappa shape index (κ3) is 5.17. The molecule has 1 saturated heterocycles. The topological polar surface area (TPSA) is 18.5 Å². The van der Waals surface area contributed by atoms with Crippen molar-refractivity contribution in [3.63, 3.8) is 0 Å². The van der Waals surface area contributed by atoms with E-state index in [-0.39, 0.29) is 8.43 Å². The van der Waals surface area contributed by atoms with Crippen LogP contribution in [0.25, 0.3) is 0 Å². The van der Waals surface area contributed by atoms with E-state index in [2.05, 4.69) is 47.8 Å². The van der Waals surface area contributed by atoms with Crippen LogP contribution in [-0.2, 0) is 9.47 Å². The van der Waals surface area contributed by atoms with E-state index in [4.69, 9.17) is 9.47 Å². The van der Waals surface area contributed by atoms with Gasteiger partial charge in [-0.2, -0.15) is 0 Å². The lowest BCUT2D eigenvalue weighted by molar-refractivity contribution is -0.160. The van der Waals surface area contributed by atoms with Crippen LogP contribution in [0.4, 0.5) is 0 Å². The van der Waals surface area contributed by atoms with E-state index in [0.29, 0.717) is 6.61 Å². The second-order valence-corrected chi connectivity index (χ2v) is 9.98. The highest BCUT2D eigenvalue weighted by molar-refractivity contribution is 9.39. The van der Waals surface area contributed by atoms with Gasteiger partial charge in [-0.3, -0.25) is 0 Å². The SMILES string of the molecule is BrC(Br)(Br)COC1CCCCO1. The van der Waals surface area contributed by atoms with Crippen molar-refractivity contribution < 1.29 is 9.47 Å². The van der Waals surface area contributed by atoms with Crippen molar-refractivity contribution in [3.8, 4) is 0 Å². The Bertz CT molecular complexity index is 129. The highest BCUT2D eigenvalue weighted by Crippen LogP contribution is 2.34. The quantitative estimate of drug-likeness (QED) is 0.698. The molecule has 0 radical (unpaired) electrons. The highest BCUT2D eigenvalue weighted by atomic mass is 80.0. The number of hydrogen-bond acceptors (Lipinski definition) is 2. The summed E-state index contributed by atoms with van der Waals surface area (Å²) in [4.78, 5) is 0. The normalized spacial score (nSPS) is 25.8. The Morgan fingerprint density at radius 2 is 2.08 bits per heavy atom. The van der Waals surface area contributed by atoms with Crippen LogP contribution in [0.5, 0.6) is 0 Å². The zero-order valence-corrected chi connectivity index (χ0v) is 11.3. The van der Waals surface area contributed by atoms with E-state index in [1.807, 2.05) is 0 Å². The van der Waals surface area contributed by atoms with Gasteiger partial charge in [0.05, 0.1) is 6.61 Å². The summed E-state index contributed by atoms with van der Waals surface area (Å²) in [5.74, 6) is 0. The number of ether oxygens (including phenoxy) is 2. The van der Waals surface area contributed by atoms with E-state index < -0.39 is 0 Å². The van der Waals surface area contributed by atoms with Gasteiger partial charge in [-0.15, -0.1) is 0 Å². The van der Waals surface area contributed by atoms with Crippen molar-refractivity contribution in [1.82, 2.24) is 0 Å². The first kappa shape index (κ1) is 11.4. The lowest BCUT2D eigenvalue weighted by atomic mass is 10.2. The zero-order valence-electron chi connectivity index (χ0n) is 6.56. The summed E-state index contributed by atoms with van der Waals surface area (Å²) >= 11 is 10.1. The number of hydrogen-bond donors (Lipinski definition) is 0. The molecule has 0 bridgehead atoms. The molecule has 0 N–H and O–H groups in total. The monoisotopic (exact) mass is 364 g/mol. The molecule has 0 aliphatic carbocycles. The van der Waals surface area contributed by atoms with E-state index in [1.165, 1.54) is 6.42 Å². The van der Waals surface area contributed by atoms with Crippen LogP contribution in [0.15, 0.2) is 0 Å². The maximum atomic E-state index is 5.48. The number of alkyl halides is 3. The van der Waals surface area contributed by atoms with Crippen molar-refractivity contribution in [1.29, 1.82) is 0 Å². The Hall–Kier alpha value is 1.36. The molecule has 1 rings (SSSR count). The van der Waals surface area contributed by atoms with Crippen LogP contribution in [0.3, 0.4) is 0 Å². The van der Waals surface area contributed by atoms with Gasteiger partial charge in [0, 0.05) is 6.61 Å². The summed E-state index contributed by atoms with van der Waals surface area (Å²) in [6, 6.07) is 0. The second kappa shape index (κ2) is 5.29. The first-order valence-electron chi connectivity index (χ1n) is 3.88. The molecule has 1 fully saturated rings. The van der Waals surface area contributed by atoms with Crippen LogP contribution in [0, 0.1) is 0 Å². The highest BCUT2D eigenvalue weighted by Gasteiger charge is 2.22. The Balaban J connectivity index is 2.13. The van der Waals surface area contributed by atoms with Gasteiger partial charge in [-0.05, 0) is 19.3 Å². The zero-order chi connectivity index (χ0) is 9.03. The summed E-state index contributed by atoms with van der Waals surface area (Å²) in [6.45, 7) is 1.36. The third-order valence-corrected chi connectivity index (χ3v) is 2.26. The van der Waals surface area contributed by atoms with Crippen LogP contribution in [0.2, 0.25) is 0 Å². The summed E-state index contributed by atoms with van der Waals surface area (Å²) in [6.07, 6.45) is 3.33. The second-order valence-electron chi connectivity index (χ2n) is 2.72. The van der Waals surface area contributed by atoms with E-state index in [9.17, 15) is 0 Å². The number of halogens is 3. The summed E-state index contributed by atoms with van der Waals surface area (Å²) in [5.41, 5.74) is 0. The molecule has 12 heavy (non-hydrogen) atoms. The van der Waals surface area contributed by atoms with Crippen molar-refractivity contribution >= 4 is 47.8 Å². The molecule has 0 aromatic rings. The Morgan fingerprint density at radius 1 is 1.33 bits per heavy atom. The van der Waals surface area contributed by atoms with Gasteiger partial charge >= 0.3 is 0 Å². The van der Waals surface area contributed by atoms with Gasteiger partial charge in [-0.25, -0.2) is 0 Å². The molecule has 0 aromatic carbocycles. The van der Waals surface area contributed by atoms with Crippen molar-refractivity contribution in [3.05, 3.63) is 0 Å². The molecule has 2 nitrogen and oxygen atoms in total. The lowest BCUT2D eigenvalue weighted by Crippen LogP contribution is -2.26. The molecule has 1 unspecified atom stereocenters. The molecule has 0 saturated carbocycles. The standard InChI is InChI=1S/C7H11Br3O2/c8-7(9,10)5-12-6-3-1-2-4-11-6/h6H,1-5H2. The van der Waals surface area contributed by atoms with Gasteiger partial charge in [0.25, 0.3) is 0 Å². The molecular formula is C7H11Br3O2. The molecule has 0 aromatic heterocycles. The predicted octanol–water partition coefficient (Wildman–Crippen LogP) is 3.37. The molecule has 0 spiro atoms. The fourth-order valence-corrected chi connectivity index (χ4v) is 1.43. The van der Waals surface area contributed by atoms with Crippen LogP contribution >= 0.6 is 47.8 Å². The fourth-order valence-electron chi connectivity index (χ4n) is 1.03. The molecular weight excluding hydrogens is 356 g/mol. The van der Waals surface area contributed by atoms with Crippen molar-refractivity contribution in [2.75, 3.05) is 13.2 Å². The van der Waals surface area contributed by atoms with Gasteiger partial charge in [0.2, 0.25) is 0 Å². The maximum Gasteiger partial charge on any atom is 0.158 e. The Labute approximate surface area is 97.8 Å². The third-order valence-electron chi connectivity index (χ3n) is 1.57. The van der Waals surface area contributed by atoms with E-state index in [0.717, 1.165) is 19.4 Å². The van der Waals surface area contributed by atoms with Crippen LogP contribution < -0.4 is 0 Å². The maximum absolute atomic E-state index is 5.48. The minimum absolute atomic E-state index is 0.0224. The Morgan fingerprint density at radius 3 is 2.58 bits per heavy atom.